The molecule has 0 saturated carbocycles. The Balaban J connectivity index is 1.84. The van der Waals surface area contributed by atoms with E-state index >= 15 is 0 Å². The Kier molecular flexibility index (Phi) is 4.29. The van der Waals surface area contributed by atoms with Crippen LogP contribution in [-0.2, 0) is 0 Å². The van der Waals surface area contributed by atoms with Crippen molar-refractivity contribution < 1.29 is 5.11 Å². The van der Waals surface area contributed by atoms with Crippen LogP contribution in [0.1, 0.15) is 11.1 Å². The highest BCUT2D eigenvalue weighted by atomic mass is 16.3. The van der Waals surface area contributed by atoms with Crippen molar-refractivity contribution in [1.29, 1.82) is 0 Å². The molecule has 1 aromatic heterocycles. The average molecular weight is 304 g/mol. The van der Waals surface area contributed by atoms with E-state index in [9.17, 15) is 5.11 Å². The zero-order valence-corrected chi connectivity index (χ0v) is 12.6. The number of benzene rings is 2. The zero-order chi connectivity index (χ0) is 16.1. The normalized spacial score (nSPS) is 10.8. The molecule has 23 heavy (non-hydrogen) atoms. The number of rotatable bonds is 4. The van der Waals surface area contributed by atoms with Crippen molar-refractivity contribution in [1.82, 2.24) is 9.97 Å². The molecule has 0 aliphatic carbocycles. The third-order valence-corrected chi connectivity index (χ3v) is 3.31. The fraction of sp³-hybridized carbons (Fsp3) is 0.0556. The predicted octanol–water partition coefficient (Wildman–Crippen LogP) is 3.60. The van der Waals surface area contributed by atoms with E-state index in [2.05, 4.69) is 20.5 Å². The monoisotopic (exact) mass is 304 g/mol. The second-order valence-electron chi connectivity index (χ2n) is 5.02. The van der Waals surface area contributed by atoms with E-state index in [-0.39, 0.29) is 5.75 Å². The summed E-state index contributed by atoms with van der Waals surface area (Å²) in [5.41, 5.74) is 6.02. The molecule has 1 heterocycles. The summed E-state index contributed by atoms with van der Waals surface area (Å²) >= 11 is 0. The van der Waals surface area contributed by atoms with Crippen LogP contribution in [0.2, 0.25) is 0 Å². The first-order valence-electron chi connectivity index (χ1n) is 7.20. The van der Waals surface area contributed by atoms with Gasteiger partial charge in [-0.3, -0.25) is 0 Å². The Morgan fingerprint density at radius 1 is 1.04 bits per heavy atom. The van der Waals surface area contributed by atoms with E-state index in [1.54, 1.807) is 24.5 Å². The molecule has 5 nitrogen and oxygen atoms in total. The Morgan fingerprint density at radius 2 is 1.78 bits per heavy atom. The minimum atomic E-state index is 0.188. The Hall–Kier alpha value is -3.21. The van der Waals surface area contributed by atoms with Crippen LogP contribution in [0.5, 0.6) is 5.75 Å². The molecule has 0 bridgehead atoms. The van der Waals surface area contributed by atoms with Crippen molar-refractivity contribution in [3.63, 3.8) is 0 Å². The van der Waals surface area contributed by atoms with E-state index in [1.807, 2.05) is 49.4 Å². The molecule has 0 spiro atoms. The van der Waals surface area contributed by atoms with Crippen LogP contribution >= 0.6 is 0 Å². The summed E-state index contributed by atoms with van der Waals surface area (Å²) in [6, 6.07) is 16.8. The topological polar surface area (TPSA) is 70.4 Å². The predicted molar refractivity (Wildman–Crippen MR) is 91.5 cm³/mol. The lowest BCUT2D eigenvalue weighted by Crippen LogP contribution is -2.00. The molecule has 2 N–H and O–H groups in total. The maximum atomic E-state index is 9.99. The zero-order valence-electron chi connectivity index (χ0n) is 12.6. The molecule has 5 heteroatoms. The van der Waals surface area contributed by atoms with Crippen molar-refractivity contribution in [2.24, 2.45) is 5.10 Å². The maximum Gasteiger partial charge on any atom is 0.244 e. The lowest BCUT2D eigenvalue weighted by molar-refractivity contribution is 0.477. The van der Waals surface area contributed by atoms with E-state index in [0.29, 0.717) is 17.2 Å². The lowest BCUT2D eigenvalue weighted by Gasteiger charge is -2.08. The second-order valence-corrected chi connectivity index (χ2v) is 5.02. The summed E-state index contributed by atoms with van der Waals surface area (Å²) < 4.78 is 0. The highest BCUT2D eigenvalue weighted by Crippen LogP contribution is 2.29. The number of phenolic OH excluding ortho intramolecular Hbond substituents is 1. The minimum Gasteiger partial charge on any atom is -0.507 e. The summed E-state index contributed by atoms with van der Waals surface area (Å²) in [7, 11) is 0. The van der Waals surface area contributed by atoms with Crippen molar-refractivity contribution >= 4 is 12.2 Å². The second kappa shape index (κ2) is 6.70. The van der Waals surface area contributed by atoms with E-state index in [4.69, 9.17) is 0 Å². The molecule has 0 aliphatic heterocycles. The molecule has 0 saturated heterocycles. The molecule has 2 aromatic carbocycles. The van der Waals surface area contributed by atoms with Gasteiger partial charge in [-0.15, -0.1) is 0 Å². The van der Waals surface area contributed by atoms with E-state index < -0.39 is 0 Å². The number of nitrogens with zero attached hydrogens (tertiary/aromatic N) is 3. The molecule has 0 aliphatic rings. The average Bonchev–Trinajstić information content (AvgIpc) is 2.58. The Labute approximate surface area is 134 Å². The molecule has 114 valence electrons. The quantitative estimate of drug-likeness (QED) is 0.570. The van der Waals surface area contributed by atoms with Gasteiger partial charge < -0.3 is 5.11 Å². The van der Waals surface area contributed by atoms with Crippen LogP contribution < -0.4 is 5.43 Å². The number of phenols is 1. The maximum absolute atomic E-state index is 9.99. The summed E-state index contributed by atoms with van der Waals surface area (Å²) in [6.07, 6.45) is 3.40. The highest BCUT2D eigenvalue weighted by molar-refractivity contribution is 5.79. The van der Waals surface area contributed by atoms with Gasteiger partial charge in [0.1, 0.15) is 5.75 Å². The van der Waals surface area contributed by atoms with Gasteiger partial charge in [0.05, 0.1) is 11.9 Å². The van der Waals surface area contributed by atoms with Crippen molar-refractivity contribution in [2.45, 2.75) is 6.92 Å². The van der Waals surface area contributed by atoms with Gasteiger partial charge in [0.2, 0.25) is 5.95 Å². The number of nitrogens with one attached hydrogen (secondary N) is 1. The number of hydrogen-bond donors (Lipinski definition) is 2. The standard InChI is InChI=1S/C18H16N4O/c1-13-11-19-18(22-20-12-14-7-3-2-4-8-14)21-17(13)15-9-5-6-10-16(15)23/h2-12,23H,1H3,(H,19,21,22). The SMILES string of the molecule is Cc1cnc(NN=Cc2ccccc2)nc1-c1ccccc1O. The Bertz CT molecular complexity index is 831. The number of hydrazone groups is 1. The van der Waals surface area contributed by atoms with Gasteiger partial charge in [-0.1, -0.05) is 42.5 Å². The van der Waals surface area contributed by atoms with E-state index in [0.717, 1.165) is 11.1 Å². The third-order valence-electron chi connectivity index (χ3n) is 3.31. The number of aromatic nitrogens is 2. The fourth-order valence-electron chi connectivity index (χ4n) is 2.15. The number of aryl methyl sites for hydroxylation is 1. The fourth-order valence-corrected chi connectivity index (χ4v) is 2.15. The first-order chi connectivity index (χ1) is 11.2. The number of hydrogen-bond acceptors (Lipinski definition) is 5. The van der Waals surface area contributed by atoms with Gasteiger partial charge in [0, 0.05) is 11.8 Å². The summed E-state index contributed by atoms with van der Waals surface area (Å²) in [4.78, 5) is 8.65. The summed E-state index contributed by atoms with van der Waals surface area (Å²) in [6.45, 7) is 1.90. The molecule has 0 atom stereocenters. The molecular weight excluding hydrogens is 288 g/mol. The molecule has 0 unspecified atom stereocenters. The third kappa shape index (κ3) is 3.52. The number of anilines is 1. The van der Waals surface area contributed by atoms with Crippen molar-refractivity contribution in [2.75, 3.05) is 5.43 Å². The molecule has 0 radical (unpaired) electrons. The van der Waals surface area contributed by atoms with Crippen LogP contribution in [-0.4, -0.2) is 21.3 Å². The molecule has 0 fully saturated rings. The lowest BCUT2D eigenvalue weighted by atomic mass is 10.1. The van der Waals surface area contributed by atoms with Crippen LogP contribution in [0.25, 0.3) is 11.3 Å². The first-order valence-corrected chi connectivity index (χ1v) is 7.20. The first kappa shape index (κ1) is 14.7. The molecule has 3 aromatic rings. The molecule has 0 amide bonds. The van der Waals surface area contributed by atoms with E-state index in [1.165, 1.54) is 0 Å². The van der Waals surface area contributed by atoms with Gasteiger partial charge >= 0.3 is 0 Å². The van der Waals surface area contributed by atoms with Gasteiger partial charge in [0.15, 0.2) is 0 Å². The smallest absolute Gasteiger partial charge is 0.244 e. The van der Waals surface area contributed by atoms with Crippen LogP contribution in [0.15, 0.2) is 65.9 Å². The van der Waals surface area contributed by atoms with Crippen LogP contribution in [0.4, 0.5) is 5.95 Å². The van der Waals surface area contributed by atoms with Crippen molar-refractivity contribution in [3.05, 3.63) is 71.9 Å². The summed E-state index contributed by atoms with van der Waals surface area (Å²) in [5, 5.41) is 14.1. The van der Waals surface area contributed by atoms with Gasteiger partial charge in [-0.05, 0) is 30.2 Å². The van der Waals surface area contributed by atoms with Gasteiger partial charge in [0.25, 0.3) is 0 Å². The van der Waals surface area contributed by atoms with Crippen LogP contribution in [0, 0.1) is 6.92 Å². The van der Waals surface area contributed by atoms with Gasteiger partial charge in [-0.2, -0.15) is 5.10 Å². The highest BCUT2D eigenvalue weighted by Gasteiger charge is 2.09. The van der Waals surface area contributed by atoms with Crippen molar-refractivity contribution in [3.8, 4) is 17.0 Å². The minimum absolute atomic E-state index is 0.188. The molecule has 3 rings (SSSR count). The van der Waals surface area contributed by atoms with Gasteiger partial charge in [-0.25, -0.2) is 15.4 Å². The molecular formula is C18H16N4O. The number of aromatic hydroxyl groups is 1. The summed E-state index contributed by atoms with van der Waals surface area (Å²) in [5.74, 6) is 0.564. The Morgan fingerprint density at radius 3 is 2.57 bits per heavy atom. The number of para-hydroxylation sites is 1. The van der Waals surface area contributed by atoms with Crippen LogP contribution in [0.3, 0.4) is 0 Å². The largest absolute Gasteiger partial charge is 0.507 e.